The lowest BCUT2D eigenvalue weighted by atomic mass is 9.67. The number of carbonyl (C=O) groups is 1. The molecule has 2 heterocycles. The molecular weight excluding hydrogens is 398 g/mol. The van der Waals surface area contributed by atoms with E-state index in [2.05, 4.69) is 5.32 Å². The zero-order valence-electron chi connectivity index (χ0n) is 16.2. The van der Waals surface area contributed by atoms with Crippen LogP contribution in [0.2, 0.25) is 0 Å². The van der Waals surface area contributed by atoms with Gasteiger partial charge in [0.25, 0.3) is 0 Å². The molecule has 2 atom stereocenters. The largest absolute Gasteiger partial charge is 0.341 e. The number of fused-ring (bicyclic) bond motifs is 1. The predicted molar refractivity (Wildman–Crippen MR) is 111 cm³/mol. The van der Waals surface area contributed by atoms with Crippen LogP contribution in [0.15, 0.2) is 35.2 Å². The van der Waals surface area contributed by atoms with E-state index in [1.807, 2.05) is 11.0 Å². The molecule has 28 heavy (non-hydrogen) atoms. The Balaban J connectivity index is 0.00000225. The van der Waals surface area contributed by atoms with Gasteiger partial charge in [-0.2, -0.15) is 4.31 Å². The first-order chi connectivity index (χ1) is 13.0. The van der Waals surface area contributed by atoms with Crippen LogP contribution in [0.25, 0.3) is 0 Å². The molecule has 6 nitrogen and oxygen atoms in total. The summed E-state index contributed by atoms with van der Waals surface area (Å²) >= 11 is 0. The topological polar surface area (TPSA) is 69.7 Å². The number of nitrogens with zero attached hydrogens (tertiary/aromatic N) is 2. The second-order valence-corrected chi connectivity index (χ2v) is 10.0. The van der Waals surface area contributed by atoms with Crippen molar-refractivity contribution in [1.82, 2.24) is 14.5 Å². The van der Waals surface area contributed by atoms with Crippen molar-refractivity contribution >= 4 is 28.3 Å². The highest BCUT2D eigenvalue weighted by Crippen LogP contribution is 2.45. The molecule has 8 heteroatoms. The molecule has 1 amide bonds. The minimum Gasteiger partial charge on any atom is -0.341 e. The number of rotatable bonds is 3. The van der Waals surface area contributed by atoms with Crippen molar-refractivity contribution in [2.24, 2.45) is 11.3 Å². The SMILES string of the molecule is Cl.O=C(N1CCCN(S(=O)(=O)c2ccccc2)CC1)[C@@]12CCCC[C@H]1CNC2. The van der Waals surface area contributed by atoms with Crippen LogP contribution in [0, 0.1) is 11.3 Å². The van der Waals surface area contributed by atoms with E-state index in [1.165, 1.54) is 6.42 Å². The van der Waals surface area contributed by atoms with E-state index in [1.54, 1.807) is 28.6 Å². The number of amides is 1. The van der Waals surface area contributed by atoms with Crippen LogP contribution in [0.4, 0.5) is 0 Å². The molecular formula is C20H30ClN3O3S. The Morgan fingerprint density at radius 2 is 1.82 bits per heavy atom. The molecule has 0 aromatic heterocycles. The molecule has 1 saturated carbocycles. The van der Waals surface area contributed by atoms with Crippen molar-refractivity contribution in [2.75, 3.05) is 39.3 Å². The minimum atomic E-state index is -3.50. The summed E-state index contributed by atoms with van der Waals surface area (Å²) in [6, 6.07) is 8.58. The summed E-state index contributed by atoms with van der Waals surface area (Å²) in [6.45, 7) is 3.69. The van der Waals surface area contributed by atoms with E-state index in [0.29, 0.717) is 43.4 Å². The molecule has 4 rings (SSSR count). The number of hydrogen-bond donors (Lipinski definition) is 1. The van der Waals surface area contributed by atoms with Gasteiger partial charge in [0, 0.05) is 32.7 Å². The Kier molecular flexibility index (Phi) is 6.69. The first-order valence-corrected chi connectivity index (χ1v) is 11.5. The molecule has 1 N–H and O–H groups in total. The van der Waals surface area contributed by atoms with Gasteiger partial charge in [0.15, 0.2) is 0 Å². The maximum absolute atomic E-state index is 13.5. The zero-order chi connectivity index (χ0) is 18.9. The summed E-state index contributed by atoms with van der Waals surface area (Å²) in [5, 5.41) is 3.44. The van der Waals surface area contributed by atoms with Crippen molar-refractivity contribution in [3.05, 3.63) is 30.3 Å². The summed E-state index contributed by atoms with van der Waals surface area (Å²) in [6.07, 6.45) is 5.11. The van der Waals surface area contributed by atoms with Crippen molar-refractivity contribution in [1.29, 1.82) is 0 Å². The third-order valence-corrected chi connectivity index (χ3v) is 8.50. The van der Waals surface area contributed by atoms with Gasteiger partial charge < -0.3 is 10.2 Å². The number of hydrogen-bond acceptors (Lipinski definition) is 4. The van der Waals surface area contributed by atoms with Crippen LogP contribution in [0.5, 0.6) is 0 Å². The molecule has 0 spiro atoms. The van der Waals surface area contributed by atoms with Crippen molar-refractivity contribution in [2.45, 2.75) is 37.0 Å². The van der Waals surface area contributed by atoms with Gasteiger partial charge in [-0.05, 0) is 43.9 Å². The molecule has 0 radical (unpaired) electrons. The fourth-order valence-corrected chi connectivity index (χ4v) is 6.55. The Bertz CT molecular complexity index is 789. The predicted octanol–water partition coefficient (Wildman–Crippen LogP) is 2.11. The second kappa shape index (κ2) is 8.69. The molecule has 3 fully saturated rings. The average Bonchev–Trinajstić information content (AvgIpc) is 2.98. The number of sulfonamides is 1. The summed E-state index contributed by atoms with van der Waals surface area (Å²) in [4.78, 5) is 15.7. The highest BCUT2D eigenvalue weighted by atomic mass is 35.5. The van der Waals surface area contributed by atoms with Gasteiger partial charge in [0.05, 0.1) is 10.3 Å². The maximum atomic E-state index is 13.5. The first kappa shape index (κ1) is 21.6. The Hall–Kier alpha value is -1.15. The van der Waals surface area contributed by atoms with Crippen LogP contribution >= 0.6 is 12.4 Å². The Morgan fingerprint density at radius 1 is 1.04 bits per heavy atom. The van der Waals surface area contributed by atoms with E-state index in [0.717, 1.165) is 32.4 Å². The quantitative estimate of drug-likeness (QED) is 0.802. The van der Waals surface area contributed by atoms with Crippen LogP contribution in [-0.2, 0) is 14.8 Å². The monoisotopic (exact) mass is 427 g/mol. The first-order valence-electron chi connectivity index (χ1n) is 10.1. The highest BCUT2D eigenvalue weighted by Gasteiger charge is 2.51. The van der Waals surface area contributed by atoms with E-state index >= 15 is 0 Å². The van der Waals surface area contributed by atoms with Crippen LogP contribution in [0.3, 0.4) is 0 Å². The summed E-state index contributed by atoms with van der Waals surface area (Å²) in [7, 11) is -3.50. The van der Waals surface area contributed by atoms with Gasteiger partial charge in [-0.25, -0.2) is 8.42 Å². The average molecular weight is 428 g/mol. The number of nitrogens with one attached hydrogen (secondary N) is 1. The summed E-state index contributed by atoms with van der Waals surface area (Å²) in [5.74, 6) is 0.683. The lowest BCUT2D eigenvalue weighted by Gasteiger charge is -2.40. The molecule has 2 aliphatic heterocycles. The Labute approximate surface area is 174 Å². The molecule has 2 saturated heterocycles. The lowest BCUT2D eigenvalue weighted by molar-refractivity contribution is -0.145. The fourth-order valence-electron chi connectivity index (χ4n) is 5.06. The minimum absolute atomic E-state index is 0. The maximum Gasteiger partial charge on any atom is 0.243 e. The molecule has 1 aromatic rings. The summed E-state index contributed by atoms with van der Waals surface area (Å²) < 4.78 is 27.4. The third-order valence-electron chi connectivity index (χ3n) is 6.59. The smallest absolute Gasteiger partial charge is 0.243 e. The van der Waals surface area contributed by atoms with Gasteiger partial charge >= 0.3 is 0 Å². The summed E-state index contributed by atoms with van der Waals surface area (Å²) in [5.41, 5.74) is -0.258. The lowest BCUT2D eigenvalue weighted by Crippen LogP contribution is -2.50. The molecule has 1 aliphatic carbocycles. The normalized spacial score (nSPS) is 28.9. The number of halogens is 1. The van der Waals surface area contributed by atoms with E-state index in [4.69, 9.17) is 0 Å². The van der Waals surface area contributed by atoms with Crippen molar-refractivity contribution in [3.8, 4) is 0 Å². The van der Waals surface area contributed by atoms with Crippen molar-refractivity contribution < 1.29 is 13.2 Å². The fraction of sp³-hybridized carbons (Fsp3) is 0.650. The van der Waals surface area contributed by atoms with Gasteiger partial charge in [-0.1, -0.05) is 31.0 Å². The van der Waals surface area contributed by atoms with Gasteiger partial charge in [-0.15, -0.1) is 12.4 Å². The molecule has 156 valence electrons. The van der Waals surface area contributed by atoms with Crippen LogP contribution in [-0.4, -0.2) is 62.8 Å². The van der Waals surface area contributed by atoms with Gasteiger partial charge in [-0.3, -0.25) is 4.79 Å². The molecule has 1 aromatic carbocycles. The van der Waals surface area contributed by atoms with E-state index in [9.17, 15) is 13.2 Å². The van der Waals surface area contributed by atoms with Crippen LogP contribution < -0.4 is 5.32 Å². The second-order valence-electron chi connectivity index (χ2n) is 8.09. The molecule has 3 aliphatic rings. The standard InChI is InChI=1S/C20H29N3O3S.ClH/c24-19(20-10-5-4-7-17(20)15-21-16-20)22-11-6-12-23(14-13-22)27(25,26)18-8-2-1-3-9-18;/h1-3,8-9,17,21H,4-7,10-16H2;1H/t17-,20+;/m0./s1. The van der Waals surface area contributed by atoms with E-state index in [-0.39, 0.29) is 23.7 Å². The van der Waals surface area contributed by atoms with Gasteiger partial charge in [0.2, 0.25) is 15.9 Å². The Morgan fingerprint density at radius 3 is 2.61 bits per heavy atom. The zero-order valence-corrected chi connectivity index (χ0v) is 17.8. The van der Waals surface area contributed by atoms with Crippen LogP contribution in [0.1, 0.15) is 32.1 Å². The third kappa shape index (κ3) is 3.82. The number of carbonyl (C=O) groups excluding carboxylic acids is 1. The van der Waals surface area contributed by atoms with E-state index < -0.39 is 10.0 Å². The number of benzene rings is 1. The molecule has 0 bridgehead atoms. The van der Waals surface area contributed by atoms with Gasteiger partial charge in [0.1, 0.15) is 0 Å². The molecule has 0 unspecified atom stereocenters. The van der Waals surface area contributed by atoms with Crippen molar-refractivity contribution in [3.63, 3.8) is 0 Å². The highest BCUT2D eigenvalue weighted by molar-refractivity contribution is 7.89.